The minimum atomic E-state index is 0.515. The second-order valence-electron chi connectivity index (χ2n) is 4.21. The topological polar surface area (TPSA) is 44.2 Å². The SMILES string of the molecule is COc1cc2nnc3cc(OC)c(Cl)cc3c2cc1Cl. The third-order valence-corrected chi connectivity index (χ3v) is 3.69. The lowest BCUT2D eigenvalue weighted by atomic mass is 10.1. The predicted octanol–water partition coefficient (Wildman–Crippen LogP) is 4.11. The lowest BCUT2D eigenvalue weighted by molar-refractivity contribution is 0.415. The minimum Gasteiger partial charge on any atom is -0.495 e. The molecule has 0 radical (unpaired) electrons. The number of hydrogen-bond donors (Lipinski definition) is 0. The Morgan fingerprint density at radius 1 is 0.750 bits per heavy atom. The highest BCUT2D eigenvalue weighted by Crippen LogP contribution is 2.35. The molecule has 2 aromatic carbocycles. The van der Waals surface area contributed by atoms with Crippen molar-refractivity contribution in [1.29, 1.82) is 0 Å². The van der Waals surface area contributed by atoms with Crippen molar-refractivity contribution < 1.29 is 9.47 Å². The normalized spacial score (nSPS) is 11.0. The van der Waals surface area contributed by atoms with Crippen LogP contribution in [0.4, 0.5) is 0 Å². The summed E-state index contributed by atoms with van der Waals surface area (Å²) >= 11 is 12.3. The number of ether oxygens (including phenoxy) is 2. The zero-order chi connectivity index (χ0) is 14.3. The molecule has 0 bridgehead atoms. The second kappa shape index (κ2) is 4.96. The Morgan fingerprint density at radius 3 is 1.50 bits per heavy atom. The Balaban J connectivity index is 2.40. The van der Waals surface area contributed by atoms with Crippen molar-refractivity contribution in [1.82, 2.24) is 10.2 Å². The smallest absolute Gasteiger partial charge is 0.139 e. The maximum atomic E-state index is 6.17. The van der Waals surface area contributed by atoms with Crippen LogP contribution in [-0.2, 0) is 0 Å². The van der Waals surface area contributed by atoms with Gasteiger partial charge < -0.3 is 9.47 Å². The molecule has 0 amide bonds. The maximum Gasteiger partial charge on any atom is 0.139 e. The van der Waals surface area contributed by atoms with Crippen molar-refractivity contribution in [3.05, 3.63) is 34.3 Å². The van der Waals surface area contributed by atoms with E-state index in [2.05, 4.69) is 10.2 Å². The fourth-order valence-corrected chi connectivity index (χ4v) is 2.58. The van der Waals surface area contributed by atoms with E-state index in [0.29, 0.717) is 32.6 Å². The van der Waals surface area contributed by atoms with Crippen LogP contribution in [0.15, 0.2) is 24.3 Å². The molecule has 20 heavy (non-hydrogen) atoms. The standard InChI is InChI=1S/C14H10Cl2N2O2/c1-19-13-5-11-7(3-9(13)15)8-4-10(16)14(20-2)6-12(8)18-17-11/h3-6H,1-2H3. The van der Waals surface area contributed by atoms with Gasteiger partial charge in [-0.3, -0.25) is 0 Å². The third-order valence-electron chi connectivity index (χ3n) is 3.10. The number of fused-ring (bicyclic) bond motifs is 3. The number of halogens is 2. The first kappa shape index (κ1) is 13.2. The summed E-state index contributed by atoms with van der Waals surface area (Å²) in [5.41, 5.74) is 1.39. The molecule has 1 heterocycles. The van der Waals surface area contributed by atoms with Crippen molar-refractivity contribution in [3.8, 4) is 11.5 Å². The molecule has 4 nitrogen and oxygen atoms in total. The molecule has 6 heteroatoms. The van der Waals surface area contributed by atoms with Crippen LogP contribution in [0, 0.1) is 0 Å². The van der Waals surface area contributed by atoms with E-state index in [4.69, 9.17) is 32.7 Å². The van der Waals surface area contributed by atoms with Crippen LogP contribution >= 0.6 is 23.2 Å². The summed E-state index contributed by atoms with van der Waals surface area (Å²) in [6.45, 7) is 0. The van der Waals surface area contributed by atoms with Crippen molar-refractivity contribution in [2.24, 2.45) is 0 Å². The molecular weight excluding hydrogens is 299 g/mol. The molecule has 102 valence electrons. The number of hydrogen-bond acceptors (Lipinski definition) is 4. The van der Waals surface area contributed by atoms with E-state index < -0.39 is 0 Å². The second-order valence-corrected chi connectivity index (χ2v) is 5.02. The largest absolute Gasteiger partial charge is 0.495 e. The minimum absolute atomic E-state index is 0.515. The van der Waals surface area contributed by atoms with Crippen LogP contribution in [0.5, 0.6) is 11.5 Å². The van der Waals surface area contributed by atoms with Crippen LogP contribution in [-0.4, -0.2) is 24.4 Å². The third kappa shape index (κ3) is 2.01. The van der Waals surface area contributed by atoms with Gasteiger partial charge in [-0.15, -0.1) is 10.2 Å². The molecule has 0 aliphatic carbocycles. The predicted molar refractivity (Wildman–Crippen MR) is 80.2 cm³/mol. The Bertz CT molecular complexity index is 752. The van der Waals surface area contributed by atoms with Crippen LogP contribution in [0.25, 0.3) is 21.8 Å². The van der Waals surface area contributed by atoms with Crippen molar-refractivity contribution in [2.75, 3.05) is 14.2 Å². The van der Waals surface area contributed by atoms with E-state index in [0.717, 1.165) is 10.8 Å². The summed E-state index contributed by atoms with van der Waals surface area (Å²) < 4.78 is 10.4. The van der Waals surface area contributed by atoms with Gasteiger partial charge in [0, 0.05) is 22.9 Å². The van der Waals surface area contributed by atoms with Gasteiger partial charge in [-0.05, 0) is 12.1 Å². The number of benzene rings is 2. The van der Waals surface area contributed by atoms with E-state index in [-0.39, 0.29) is 0 Å². The summed E-state index contributed by atoms with van der Waals surface area (Å²) in [6.07, 6.45) is 0. The summed E-state index contributed by atoms with van der Waals surface area (Å²) in [5, 5.41) is 11.1. The molecule has 0 unspecified atom stereocenters. The van der Waals surface area contributed by atoms with Crippen LogP contribution in [0.3, 0.4) is 0 Å². The highest BCUT2D eigenvalue weighted by Gasteiger charge is 2.11. The fourth-order valence-electron chi connectivity index (χ4n) is 2.10. The number of methoxy groups -OCH3 is 2. The van der Waals surface area contributed by atoms with Gasteiger partial charge >= 0.3 is 0 Å². The highest BCUT2D eigenvalue weighted by molar-refractivity contribution is 6.34. The van der Waals surface area contributed by atoms with E-state index in [1.54, 1.807) is 38.5 Å². The first-order chi connectivity index (χ1) is 9.63. The van der Waals surface area contributed by atoms with E-state index >= 15 is 0 Å². The first-order valence-corrected chi connectivity index (χ1v) is 6.57. The maximum absolute atomic E-state index is 6.17. The summed E-state index contributed by atoms with van der Waals surface area (Å²) in [7, 11) is 3.12. The van der Waals surface area contributed by atoms with Crippen LogP contribution in [0.2, 0.25) is 10.0 Å². The molecule has 3 rings (SSSR count). The highest BCUT2D eigenvalue weighted by atomic mass is 35.5. The molecule has 3 aromatic rings. The molecule has 0 fully saturated rings. The first-order valence-electron chi connectivity index (χ1n) is 5.81. The summed E-state index contributed by atoms with van der Waals surface area (Å²) in [4.78, 5) is 0. The number of rotatable bonds is 2. The Hall–Kier alpha value is -1.78. The average Bonchev–Trinajstić information content (AvgIpc) is 2.46. The fraction of sp³-hybridized carbons (Fsp3) is 0.143. The lowest BCUT2D eigenvalue weighted by Gasteiger charge is -2.09. The number of nitrogens with zero attached hydrogens (tertiary/aromatic N) is 2. The van der Waals surface area contributed by atoms with Gasteiger partial charge in [0.15, 0.2) is 0 Å². The van der Waals surface area contributed by atoms with Crippen LogP contribution in [0.1, 0.15) is 0 Å². The summed E-state index contributed by atoms with van der Waals surface area (Å²) in [5.74, 6) is 1.12. The van der Waals surface area contributed by atoms with E-state index in [1.807, 2.05) is 0 Å². The zero-order valence-corrected chi connectivity index (χ0v) is 12.3. The molecule has 0 N–H and O–H groups in total. The van der Waals surface area contributed by atoms with Gasteiger partial charge in [0.25, 0.3) is 0 Å². The molecule has 1 aromatic heterocycles. The van der Waals surface area contributed by atoms with Crippen LogP contribution < -0.4 is 9.47 Å². The molecule has 0 atom stereocenters. The molecule has 0 aliphatic heterocycles. The van der Waals surface area contributed by atoms with Crippen molar-refractivity contribution in [2.45, 2.75) is 0 Å². The summed E-state index contributed by atoms with van der Waals surface area (Å²) in [6, 6.07) is 7.11. The monoisotopic (exact) mass is 308 g/mol. The van der Waals surface area contributed by atoms with Gasteiger partial charge in [-0.25, -0.2) is 0 Å². The average molecular weight is 309 g/mol. The molecule has 0 spiro atoms. The lowest BCUT2D eigenvalue weighted by Crippen LogP contribution is -1.92. The quantitative estimate of drug-likeness (QED) is 0.668. The molecule has 0 saturated carbocycles. The van der Waals surface area contributed by atoms with Crippen molar-refractivity contribution >= 4 is 45.0 Å². The van der Waals surface area contributed by atoms with Gasteiger partial charge in [-0.2, -0.15) is 0 Å². The number of aromatic nitrogens is 2. The Labute approximate surface area is 125 Å². The molecular formula is C14H10Cl2N2O2. The van der Waals surface area contributed by atoms with Gasteiger partial charge in [0.1, 0.15) is 11.5 Å². The zero-order valence-electron chi connectivity index (χ0n) is 10.8. The molecule has 0 saturated heterocycles. The van der Waals surface area contributed by atoms with Crippen molar-refractivity contribution in [3.63, 3.8) is 0 Å². The van der Waals surface area contributed by atoms with E-state index in [9.17, 15) is 0 Å². The van der Waals surface area contributed by atoms with Gasteiger partial charge in [0.2, 0.25) is 0 Å². The van der Waals surface area contributed by atoms with Gasteiger partial charge in [-0.1, -0.05) is 23.2 Å². The Morgan fingerprint density at radius 2 is 1.15 bits per heavy atom. The van der Waals surface area contributed by atoms with E-state index in [1.165, 1.54) is 0 Å². The van der Waals surface area contributed by atoms with Gasteiger partial charge in [0.05, 0.1) is 35.3 Å². The molecule has 0 aliphatic rings. The Kier molecular flexibility index (Phi) is 3.28.